The van der Waals surface area contributed by atoms with Crippen molar-refractivity contribution in [2.24, 2.45) is 11.3 Å². The molecule has 0 bridgehead atoms. The van der Waals surface area contributed by atoms with E-state index >= 15 is 0 Å². The van der Waals surface area contributed by atoms with Crippen LogP contribution in [-0.2, 0) is 9.59 Å². The number of likely N-dealkylation sites (tertiary alicyclic amines) is 2. The molecule has 32 heavy (non-hydrogen) atoms. The first kappa shape index (κ1) is 24.9. The Balaban J connectivity index is 1.70. The summed E-state index contributed by atoms with van der Waals surface area (Å²) in [6.45, 7) is 9.75. The maximum absolute atomic E-state index is 13.2. The molecule has 0 spiro atoms. The zero-order valence-corrected chi connectivity index (χ0v) is 20.8. The molecule has 0 aromatic heterocycles. The fraction of sp³-hybridized carbons (Fsp3) is 0.692. The van der Waals surface area contributed by atoms with E-state index in [1.165, 1.54) is 6.42 Å². The predicted molar refractivity (Wildman–Crippen MR) is 129 cm³/mol. The van der Waals surface area contributed by atoms with Gasteiger partial charge in [0.2, 0.25) is 11.8 Å². The highest BCUT2D eigenvalue weighted by Crippen LogP contribution is 2.38. The summed E-state index contributed by atoms with van der Waals surface area (Å²) in [5.74, 6) is 1.39. The lowest BCUT2D eigenvalue weighted by molar-refractivity contribution is -0.141. The molecular formula is C26H39ClN2O3. The summed E-state index contributed by atoms with van der Waals surface area (Å²) in [7, 11) is 0. The van der Waals surface area contributed by atoms with E-state index in [1.54, 1.807) is 0 Å². The third kappa shape index (κ3) is 6.18. The third-order valence-corrected chi connectivity index (χ3v) is 7.80. The van der Waals surface area contributed by atoms with Crippen LogP contribution < -0.4 is 4.74 Å². The molecule has 178 valence electrons. The number of rotatable bonds is 8. The van der Waals surface area contributed by atoms with Crippen molar-refractivity contribution in [3.63, 3.8) is 0 Å². The second-order valence-corrected chi connectivity index (χ2v) is 10.1. The molecule has 3 rings (SSSR count). The monoisotopic (exact) mass is 462 g/mol. The lowest BCUT2D eigenvalue weighted by Gasteiger charge is -2.43. The Kier molecular flexibility index (Phi) is 8.87. The van der Waals surface area contributed by atoms with E-state index in [0.29, 0.717) is 26.1 Å². The molecule has 0 saturated carbocycles. The van der Waals surface area contributed by atoms with Crippen LogP contribution in [0.4, 0.5) is 0 Å². The number of nitrogens with zero attached hydrogens (tertiary/aromatic N) is 2. The minimum absolute atomic E-state index is 0.103. The topological polar surface area (TPSA) is 49.9 Å². The van der Waals surface area contributed by atoms with Crippen molar-refractivity contribution in [2.45, 2.75) is 72.1 Å². The maximum atomic E-state index is 13.2. The summed E-state index contributed by atoms with van der Waals surface area (Å²) in [5, 5.41) is 0.723. The smallest absolute Gasteiger partial charge is 0.225 e. The minimum atomic E-state index is -0.243. The molecule has 2 saturated heterocycles. The molecule has 0 unspecified atom stereocenters. The largest absolute Gasteiger partial charge is 0.493 e. The summed E-state index contributed by atoms with van der Waals surface area (Å²) in [6, 6.07) is 5.70. The highest BCUT2D eigenvalue weighted by Gasteiger charge is 2.40. The molecular weight excluding hydrogens is 424 g/mol. The number of carbonyl (C=O) groups is 2. The fourth-order valence-electron chi connectivity index (χ4n) is 4.99. The second kappa shape index (κ2) is 11.4. The van der Waals surface area contributed by atoms with Crippen LogP contribution in [-0.4, -0.2) is 54.4 Å². The molecule has 1 aromatic rings. The average molecular weight is 463 g/mol. The number of hydrogen-bond acceptors (Lipinski definition) is 3. The van der Waals surface area contributed by atoms with Crippen molar-refractivity contribution in [1.82, 2.24) is 9.80 Å². The lowest BCUT2D eigenvalue weighted by atomic mass is 9.75. The number of piperidine rings is 2. The van der Waals surface area contributed by atoms with Gasteiger partial charge in [-0.05, 0) is 75.6 Å². The van der Waals surface area contributed by atoms with Gasteiger partial charge in [-0.3, -0.25) is 9.59 Å². The van der Waals surface area contributed by atoms with Crippen LogP contribution >= 0.6 is 11.6 Å². The molecule has 0 atom stereocenters. The van der Waals surface area contributed by atoms with E-state index in [9.17, 15) is 9.59 Å². The Bertz CT molecular complexity index is 779. The molecule has 1 aromatic carbocycles. The minimum Gasteiger partial charge on any atom is -0.493 e. The number of benzene rings is 1. The van der Waals surface area contributed by atoms with Gasteiger partial charge >= 0.3 is 0 Å². The summed E-state index contributed by atoms with van der Waals surface area (Å²) in [5.41, 5.74) is 0.737. The first-order valence-corrected chi connectivity index (χ1v) is 12.7. The van der Waals surface area contributed by atoms with Gasteiger partial charge in [0.25, 0.3) is 0 Å². The SMILES string of the molecule is CCC(CC)C(=O)N1CCC(COc2ccc(Cl)c(C)c2)(CC(=O)N2CCCCC2)CC1. The van der Waals surface area contributed by atoms with Gasteiger partial charge in [-0.15, -0.1) is 0 Å². The molecule has 0 aliphatic carbocycles. The van der Waals surface area contributed by atoms with Gasteiger partial charge in [0.15, 0.2) is 0 Å². The molecule has 2 amide bonds. The van der Waals surface area contributed by atoms with Crippen molar-refractivity contribution < 1.29 is 14.3 Å². The van der Waals surface area contributed by atoms with Crippen LogP contribution in [0.15, 0.2) is 18.2 Å². The number of halogens is 1. The third-order valence-electron chi connectivity index (χ3n) is 7.38. The predicted octanol–water partition coefficient (Wildman–Crippen LogP) is 5.47. The zero-order valence-electron chi connectivity index (χ0n) is 20.0. The Labute approximate surface area is 198 Å². The summed E-state index contributed by atoms with van der Waals surface area (Å²) < 4.78 is 6.23. The Morgan fingerprint density at radius 1 is 1.03 bits per heavy atom. The van der Waals surface area contributed by atoms with Gasteiger partial charge in [0.1, 0.15) is 5.75 Å². The van der Waals surface area contributed by atoms with E-state index in [2.05, 4.69) is 13.8 Å². The highest BCUT2D eigenvalue weighted by atomic mass is 35.5. The van der Waals surface area contributed by atoms with E-state index in [4.69, 9.17) is 16.3 Å². The van der Waals surface area contributed by atoms with Crippen molar-refractivity contribution in [3.05, 3.63) is 28.8 Å². The Morgan fingerprint density at radius 3 is 2.28 bits per heavy atom. The average Bonchev–Trinajstić information content (AvgIpc) is 2.81. The zero-order chi connectivity index (χ0) is 23.1. The number of hydrogen-bond donors (Lipinski definition) is 0. The van der Waals surface area contributed by atoms with Crippen molar-refractivity contribution in [1.29, 1.82) is 0 Å². The number of amides is 2. The molecule has 2 aliphatic rings. The first-order valence-electron chi connectivity index (χ1n) is 12.3. The van der Waals surface area contributed by atoms with Crippen LogP contribution in [0.5, 0.6) is 5.75 Å². The number of carbonyl (C=O) groups excluding carboxylic acids is 2. The normalized spacial score (nSPS) is 18.7. The van der Waals surface area contributed by atoms with Gasteiger partial charge in [-0.25, -0.2) is 0 Å². The molecule has 0 N–H and O–H groups in total. The van der Waals surface area contributed by atoms with E-state index in [1.807, 2.05) is 34.9 Å². The fourth-order valence-corrected chi connectivity index (χ4v) is 5.11. The standard InChI is InChI=1S/C26H39ClN2O3/c1-4-21(5-2)25(31)29-15-11-26(12-16-29,18-24(30)28-13-7-6-8-14-28)19-32-22-9-10-23(27)20(3)17-22/h9-10,17,21H,4-8,11-16,18-19H2,1-3H3. The van der Waals surface area contributed by atoms with Gasteiger partial charge in [0.05, 0.1) is 6.61 Å². The second-order valence-electron chi connectivity index (χ2n) is 9.66. The summed E-state index contributed by atoms with van der Waals surface area (Å²) in [4.78, 5) is 30.1. The highest BCUT2D eigenvalue weighted by molar-refractivity contribution is 6.31. The van der Waals surface area contributed by atoms with Crippen molar-refractivity contribution in [2.75, 3.05) is 32.8 Å². The van der Waals surface area contributed by atoms with Crippen LogP contribution in [0.1, 0.15) is 70.8 Å². The first-order chi connectivity index (χ1) is 15.4. The summed E-state index contributed by atoms with van der Waals surface area (Å²) in [6.07, 6.45) is 7.24. The van der Waals surface area contributed by atoms with E-state index < -0.39 is 0 Å². The van der Waals surface area contributed by atoms with Crippen molar-refractivity contribution >= 4 is 23.4 Å². The van der Waals surface area contributed by atoms with Gasteiger partial charge in [-0.2, -0.15) is 0 Å². The van der Waals surface area contributed by atoms with Gasteiger partial charge in [-0.1, -0.05) is 25.4 Å². The molecule has 0 radical (unpaired) electrons. The van der Waals surface area contributed by atoms with Gasteiger partial charge < -0.3 is 14.5 Å². The van der Waals surface area contributed by atoms with Crippen LogP contribution in [0, 0.1) is 18.3 Å². The van der Waals surface area contributed by atoms with E-state index in [-0.39, 0.29) is 23.1 Å². The molecule has 2 heterocycles. The number of aryl methyl sites for hydroxylation is 1. The number of ether oxygens (including phenoxy) is 1. The van der Waals surface area contributed by atoms with E-state index in [0.717, 1.165) is 68.0 Å². The lowest BCUT2D eigenvalue weighted by Crippen LogP contribution is -2.49. The maximum Gasteiger partial charge on any atom is 0.225 e. The van der Waals surface area contributed by atoms with Crippen LogP contribution in [0.3, 0.4) is 0 Å². The molecule has 2 aliphatic heterocycles. The van der Waals surface area contributed by atoms with Crippen LogP contribution in [0.2, 0.25) is 5.02 Å². The molecule has 5 nitrogen and oxygen atoms in total. The Morgan fingerprint density at radius 2 is 1.69 bits per heavy atom. The Hall–Kier alpha value is -1.75. The van der Waals surface area contributed by atoms with Crippen molar-refractivity contribution in [3.8, 4) is 5.75 Å². The molecule has 6 heteroatoms. The molecule has 2 fully saturated rings. The van der Waals surface area contributed by atoms with Gasteiger partial charge in [0, 0.05) is 49.0 Å². The van der Waals surface area contributed by atoms with Crippen LogP contribution in [0.25, 0.3) is 0 Å². The quantitative estimate of drug-likeness (QED) is 0.514. The summed E-state index contributed by atoms with van der Waals surface area (Å²) >= 11 is 6.16.